The maximum atomic E-state index is 13.3. The van der Waals surface area contributed by atoms with Crippen LogP contribution in [0.1, 0.15) is 40.0 Å². The average Bonchev–Trinajstić information content (AvgIpc) is 3.10. The predicted molar refractivity (Wildman–Crippen MR) is 104 cm³/mol. The molecule has 2 aliphatic rings. The van der Waals surface area contributed by atoms with Crippen molar-refractivity contribution >= 4 is 5.78 Å². The fraction of sp³-hybridized carbons (Fsp3) is 0.524. The third-order valence-corrected chi connectivity index (χ3v) is 6.16. The number of ketones is 1. The zero-order valence-corrected chi connectivity index (χ0v) is 16.4. The third kappa shape index (κ3) is 2.92. The van der Waals surface area contributed by atoms with E-state index in [2.05, 4.69) is 21.8 Å². The molecule has 1 aliphatic carbocycles. The Labute approximate surface area is 160 Å². The summed E-state index contributed by atoms with van der Waals surface area (Å²) in [6, 6.07) is 3.77. The standard InChI is InChI=1S/C21H28N4O2/c1-23(2)12-13-25-11-7-18-19(25)20(26)16-14-22-8-4-17(16)21(18,27)15-5-9-24(3)10-6-15/h4,7-8,11,14-15,27H,5-6,9-10,12-13H2,1-3H3. The first-order chi connectivity index (χ1) is 12.9. The van der Waals surface area contributed by atoms with Crippen LogP contribution in [0.15, 0.2) is 30.7 Å². The molecule has 1 fully saturated rings. The molecular weight excluding hydrogens is 340 g/mol. The molecule has 1 aliphatic heterocycles. The van der Waals surface area contributed by atoms with Gasteiger partial charge in [0.1, 0.15) is 5.60 Å². The highest BCUT2D eigenvalue weighted by molar-refractivity contribution is 6.12. The van der Waals surface area contributed by atoms with Gasteiger partial charge in [-0.25, -0.2) is 0 Å². The van der Waals surface area contributed by atoms with Crippen LogP contribution in [0.25, 0.3) is 0 Å². The summed E-state index contributed by atoms with van der Waals surface area (Å²) in [6.45, 7) is 3.46. The molecule has 0 aromatic carbocycles. The minimum atomic E-state index is -1.13. The number of aliphatic hydroxyl groups is 1. The van der Waals surface area contributed by atoms with E-state index in [1.807, 2.05) is 37.0 Å². The van der Waals surface area contributed by atoms with Crippen molar-refractivity contribution in [3.63, 3.8) is 0 Å². The van der Waals surface area contributed by atoms with Crippen LogP contribution < -0.4 is 0 Å². The third-order valence-electron chi connectivity index (χ3n) is 6.16. The monoisotopic (exact) mass is 368 g/mol. The van der Waals surface area contributed by atoms with Gasteiger partial charge in [0.05, 0.1) is 5.69 Å². The maximum Gasteiger partial charge on any atom is 0.211 e. The molecule has 2 aromatic heterocycles. The summed E-state index contributed by atoms with van der Waals surface area (Å²) < 4.78 is 1.99. The summed E-state index contributed by atoms with van der Waals surface area (Å²) in [7, 11) is 6.16. The summed E-state index contributed by atoms with van der Waals surface area (Å²) in [5.41, 5.74) is 1.51. The van der Waals surface area contributed by atoms with Crippen molar-refractivity contribution < 1.29 is 9.90 Å². The average molecular weight is 368 g/mol. The van der Waals surface area contributed by atoms with Crippen molar-refractivity contribution in [1.82, 2.24) is 19.4 Å². The van der Waals surface area contributed by atoms with E-state index in [-0.39, 0.29) is 11.7 Å². The number of carbonyl (C=O) groups excluding carboxylic acids is 1. The highest BCUT2D eigenvalue weighted by Gasteiger charge is 2.49. The number of fused-ring (bicyclic) bond motifs is 2. The van der Waals surface area contributed by atoms with E-state index in [0.717, 1.165) is 43.6 Å². The van der Waals surface area contributed by atoms with Gasteiger partial charge in [-0.05, 0) is 65.1 Å². The van der Waals surface area contributed by atoms with Crippen LogP contribution in [-0.2, 0) is 12.1 Å². The lowest BCUT2D eigenvalue weighted by molar-refractivity contribution is -0.0135. The molecule has 144 valence electrons. The lowest BCUT2D eigenvalue weighted by Gasteiger charge is -2.43. The molecule has 0 radical (unpaired) electrons. The predicted octanol–water partition coefficient (Wildman–Crippen LogP) is 1.57. The van der Waals surface area contributed by atoms with Gasteiger partial charge in [-0.15, -0.1) is 0 Å². The molecule has 1 atom stereocenters. The van der Waals surface area contributed by atoms with E-state index in [1.54, 1.807) is 12.4 Å². The van der Waals surface area contributed by atoms with Gasteiger partial charge >= 0.3 is 0 Å². The summed E-state index contributed by atoms with van der Waals surface area (Å²) in [6.07, 6.45) is 7.06. The minimum absolute atomic E-state index is 0.0329. The molecule has 3 heterocycles. The molecule has 6 nitrogen and oxygen atoms in total. The van der Waals surface area contributed by atoms with Gasteiger partial charge in [-0.1, -0.05) is 0 Å². The first-order valence-corrected chi connectivity index (χ1v) is 9.67. The Morgan fingerprint density at radius 2 is 2.00 bits per heavy atom. The lowest BCUT2D eigenvalue weighted by atomic mass is 9.67. The molecule has 1 unspecified atom stereocenters. The fourth-order valence-corrected chi connectivity index (χ4v) is 4.57. The van der Waals surface area contributed by atoms with Gasteiger partial charge in [0, 0.05) is 48.4 Å². The molecule has 2 aromatic rings. The summed E-state index contributed by atoms with van der Waals surface area (Å²) >= 11 is 0. The SMILES string of the molecule is CN(C)CCn1ccc2c1C(=O)c1cnccc1C2(O)C1CCN(C)CC1. The van der Waals surface area contributed by atoms with Crippen LogP contribution in [0.5, 0.6) is 0 Å². The Morgan fingerprint density at radius 3 is 2.70 bits per heavy atom. The molecule has 0 bridgehead atoms. The van der Waals surface area contributed by atoms with Gasteiger partial charge < -0.3 is 19.5 Å². The molecule has 0 amide bonds. The van der Waals surface area contributed by atoms with Gasteiger partial charge in [0.15, 0.2) is 0 Å². The van der Waals surface area contributed by atoms with Crippen molar-refractivity contribution in [3.05, 3.63) is 53.1 Å². The van der Waals surface area contributed by atoms with Crippen molar-refractivity contribution in [2.24, 2.45) is 5.92 Å². The zero-order valence-electron chi connectivity index (χ0n) is 16.4. The summed E-state index contributed by atoms with van der Waals surface area (Å²) in [4.78, 5) is 21.8. The van der Waals surface area contributed by atoms with Crippen molar-refractivity contribution in [2.45, 2.75) is 25.0 Å². The number of aromatic nitrogens is 2. The zero-order chi connectivity index (χ0) is 19.2. The molecule has 1 saturated heterocycles. The van der Waals surface area contributed by atoms with Crippen molar-refractivity contribution in [3.8, 4) is 0 Å². The molecule has 0 saturated carbocycles. The molecule has 27 heavy (non-hydrogen) atoms. The van der Waals surface area contributed by atoms with Crippen LogP contribution in [0, 0.1) is 5.92 Å². The first kappa shape index (κ1) is 18.3. The van der Waals surface area contributed by atoms with Gasteiger partial charge in [0.2, 0.25) is 5.78 Å². The Hall–Kier alpha value is -2.02. The van der Waals surface area contributed by atoms with Crippen molar-refractivity contribution in [1.29, 1.82) is 0 Å². The number of carbonyl (C=O) groups is 1. The minimum Gasteiger partial charge on any atom is -0.380 e. The number of likely N-dealkylation sites (tertiary alicyclic amines) is 1. The number of hydrogen-bond acceptors (Lipinski definition) is 5. The Bertz CT molecular complexity index is 852. The van der Waals surface area contributed by atoms with E-state index in [1.165, 1.54) is 0 Å². The van der Waals surface area contributed by atoms with Gasteiger partial charge in [-0.2, -0.15) is 0 Å². The van der Waals surface area contributed by atoms with E-state index in [4.69, 9.17) is 0 Å². The van der Waals surface area contributed by atoms with E-state index in [9.17, 15) is 9.90 Å². The Morgan fingerprint density at radius 1 is 1.26 bits per heavy atom. The normalized spacial score (nSPS) is 23.5. The largest absolute Gasteiger partial charge is 0.380 e. The smallest absolute Gasteiger partial charge is 0.211 e. The van der Waals surface area contributed by atoms with Crippen LogP contribution >= 0.6 is 0 Å². The Balaban J connectivity index is 1.83. The molecule has 0 spiro atoms. The Kier molecular flexibility index (Phi) is 4.66. The lowest BCUT2D eigenvalue weighted by Crippen LogP contribution is -2.46. The van der Waals surface area contributed by atoms with Gasteiger partial charge in [0.25, 0.3) is 0 Å². The number of rotatable bonds is 4. The second kappa shape index (κ2) is 6.86. The number of nitrogens with zero attached hydrogens (tertiary/aromatic N) is 4. The second-order valence-electron chi connectivity index (χ2n) is 8.17. The van der Waals surface area contributed by atoms with Crippen LogP contribution in [-0.4, -0.2) is 71.0 Å². The highest BCUT2D eigenvalue weighted by Crippen LogP contribution is 2.47. The van der Waals surface area contributed by atoms with E-state index in [0.29, 0.717) is 17.8 Å². The summed E-state index contributed by atoms with van der Waals surface area (Å²) in [5, 5.41) is 12.1. The summed E-state index contributed by atoms with van der Waals surface area (Å²) in [5.74, 6) is 0.0563. The van der Waals surface area contributed by atoms with Crippen LogP contribution in [0.4, 0.5) is 0 Å². The van der Waals surface area contributed by atoms with Crippen LogP contribution in [0.3, 0.4) is 0 Å². The van der Waals surface area contributed by atoms with E-state index >= 15 is 0 Å². The fourth-order valence-electron chi connectivity index (χ4n) is 4.57. The topological polar surface area (TPSA) is 61.6 Å². The molecule has 4 rings (SSSR count). The number of piperidine rings is 1. The molecule has 6 heteroatoms. The van der Waals surface area contributed by atoms with Crippen molar-refractivity contribution in [2.75, 3.05) is 40.8 Å². The highest BCUT2D eigenvalue weighted by atomic mass is 16.3. The number of hydrogen-bond donors (Lipinski definition) is 1. The number of likely N-dealkylation sites (N-methyl/N-ethyl adjacent to an activating group) is 1. The van der Waals surface area contributed by atoms with E-state index < -0.39 is 5.60 Å². The molecular formula is C21H28N4O2. The second-order valence-corrected chi connectivity index (χ2v) is 8.17. The quantitative estimate of drug-likeness (QED) is 0.888. The first-order valence-electron chi connectivity index (χ1n) is 9.67. The van der Waals surface area contributed by atoms with Gasteiger partial charge in [-0.3, -0.25) is 9.78 Å². The van der Waals surface area contributed by atoms with Crippen LogP contribution in [0.2, 0.25) is 0 Å². The number of pyridine rings is 1. The maximum absolute atomic E-state index is 13.3. The molecule has 1 N–H and O–H groups in total.